The second-order valence-corrected chi connectivity index (χ2v) is 8.42. The summed E-state index contributed by atoms with van der Waals surface area (Å²) in [5, 5.41) is 1.06. The first-order chi connectivity index (χ1) is 14.4. The number of rotatable bonds is 3. The minimum atomic E-state index is -0.492. The van der Waals surface area contributed by atoms with E-state index in [1.54, 1.807) is 12.0 Å². The van der Waals surface area contributed by atoms with Gasteiger partial charge >= 0.3 is 6.09 Å². The Morgan fingerprint density at radius 2 is 1.80 bits per heavy atom. The molecule has 7 heteroatoms. The molecule has 0 bridgehead atoms. The Balaban J connectivity index is 1.66. The van der Waals surface area contributed by atoms with Crippen LogP contribution >= 0.6 is 0 Å². The normalized spacial score (nSPS) is 14.8. The molecule has 1 amide bonds. The Bertz CT molecular complexity index is 1050. The standard InChI is InChI=1S/C23H28N4O3/c1-23(2,3)30-22(28)27-13-11-26(12-14-27)20-17-9-10-24-21(17)25-15-18(20)16-7-5-6-8-19(16)29-4/h5-10,15H,11-14H2,1-4H3,(H,24,25). The molecular weight excluding hydrogens is 380 g/mol. The molecule has 1 N–H and O–H groups in total. The van der Waals surface area contributed by atoms with E-state index in [-0.39, 0.29) is 6.09 Å². The van der Waals surface area contributed by atoms with E-state index in [2.05, 4.69) is 27.0 Å². The van der Waals surface area contributed by atoms with Gasteiger partial charge in [0.25, 0.3) is 0 Å². The number of nitrogens with one attached hydrogen (secondary N) is 1. The lowest BCUT2D eigenvalue weighted by atomic mass is 10.0. The van der Waals surface area contributed by atoms with Gasteiger partial charge in [-0.2, -0.15) is 0 Å². The number of fused-ring (bicyclic) bond motifs is 1. The van der Waals surface area contributed by atoms with Crippen LogP contribution in [-0.4, -0.2) is 59.9 Å². The number of pyridine rings is 1. The smallest absolute Gasteiger partial charge is 0.410 e. The first-order valence-electron chi connectivity index (χ1n) is 10.2. The van der Waals surface area contributed by atoms with Crippen LogP contribution in [0.15, 0.2) is 42.7 Å². The number of benzene rings is 1. The summed E-state index contributed by atoms with van der Waals surface area (Å²) in [6.07, 6.45) is 3.55. The topological polar surface area (TPSA) is 70.7 Å². The van der Waals surface area contributed by atoms with Crippen LogP contribution in [0.2, 0.25) is 0 Å². The van der Waals surface area contributed by atoms with Crippen LogP contribution in [-0.2, 0) is 4.74 Å². The highest BCUT2D eigenvalue weighted by atomic mass is 16.6. The lowest BCUT2D eigenvalue weighted by molar-refractivity contribution is 0.0241. The Morgan fingerprint density at radius 3 is 2.50 bits per heavy atom. The molecule has 30 heavy (non-hydrogen) atoms. The second-order valence-electron chi connectivity index (χ2n) is 8.42. The summed E-state index contributed by atoms with van der Waals surface area (Å²) in [6.45, 7) is 8.31. The van der Waals surface area contributed by atoms with Crippen molar-refractivity contribution in [2.75, 3.05) is 38.2 Å². The lowest BCUT2D eigenvalue weighted by Crippen LogP contribution is -2.50. The van der Waals surface area contributed by atoms with Crippen molar-refractivity contribution in [3.8, 4) is 16.9 Å². The summed E-state index contributed by atoms with van der Waals surface area (Å²) in [7, 11) is 1.68. The van der Waals surface area contributed by atoms with Crippen LogP contribution < -0.4 is 9.64 Å². The quantitative estimate of drug-likeness (QED) is 0.700. The summed E-state index contributed by atoms with van der Waals surface area (Å²) in [6, 6.07) is 10.0. The third kappa shape index (κ3) is 3.92. The molecule has 0 radical (unpaired) electrons. The maximum absolute atomic E-state index is 12.5. The van der Waals surface area contributed by atoms with Gasteiger partial charge in [-0.25, -0.2) is 9.78 Å². The lowest BCUT2D eigenvalue weighted by Gasteiger charge is -2.37. The number of carbonyl (C=O) groups excluding carboxylic acids is 1. The molecule has 3 heterocycles. The average Bonchev–Trinajstić information content (AvgIpc) is 3.21. The third-order valence-electron chi connectivity index (χ3n) is 5.20. The number of ether oxygens (including phenoxy) is 2. The minimum absolute atomic E-state index is 0.256. The molecule has 3 aromatic rings. The number of methoxy groups -OCH3 is 1. The fourth-order valence-electron chi connectivity index (χ4n) is 3.84. The number of nitrogens with zero attached hydrogens (tertiary/aromatic N) is 3. The van der Waals surface area contributed by atoms with Crippen LogP contribution in [0.3, 0.4) is 0 Å². The SMILES string of the molecule is COc1ccccc1-c1cnc2[nH]ccc2c1N1CCN(C(=O)OC(C)(C)C)CC1. The fourth-order valence-corrected chi connectivity index (χ4v) is 3.84. The van der Waals surface area contributed by atoms with Crippen LogP contribution in [0, 0.1) is 0 Å². The van der Waals surface area contributed by atoms with E-state index in [0.29, 0.717) is 26.2 Å². The van der Waals surface area contributed by atoms with Crippen molar-refractivity contribution >= 4 is 22.8 Å². The second kappa shape index (κ2) is 7.89. The number of carbonyl (C=O) groups is 1. The number of para-hydroxylation sites is 1. The molecule has 4 rings (SSSR count). The van der Waals surface area contributed by atoms with Gasteiger partial charge in [0.05, 0.1) is 12.8 Å². The number of hydrogen-bond donors (Lipinski definition) is 1. The van der Waals surface area contributed by atoms with Crippen LogP contribution in [0.25, 0.3) is 22.2 Å². The zero-order chi connectivity index (χ0) is 21.3. The summed E-state index contributed by atoms with van der Waals surface area (Å²) >= 11 is 0. The van der Waals surface area contributed by atoms with Gasteiger partial charge < -0.3 is 24.3 Å². The van der Waals surface area contributed by atoms with E-state index in [4.69, 9.17) is 9.47 Å². The highest BCUT2D eigenvalue weighted by molar-refractivity contribution is 5.99. The third-order valence-corrected chi connectivity index (χ3v) is 5.20. The van der Waals surface area contributed by atoms with Gasteiger partial charge in [-0.15, -0.1) is 0 Å². The average molecular weight is 409 g/mol. The molecule has 1 fully saturated rings. The molecule has 1 aromatic carbocycles. The van der Waals surface area contributed by atoms with Gasteiger partial charge in [-0.1, -0.05) is 18.2 Å². The van der Waals surface area contributed by atoms with Crippen molar-refractivity contribution in [2.45, 2.75) is 26.4 Å². The predicted molar refractivity (Wildman–Crippen MR) is 118 cm³/mol. The highest BCUT2D eigenvalue weighted by Crippen LogP contribution is 2.40. The Hall–Kier alpha value is -3.22. The van der Waals surface area contributed by atoms with Crippen molar-refractivity contribution in [3.05, 3.63) is 42.7 Å². The Morgan fingerprint density at radius 1 is 1.07 bits per heavy atom. The number of aromatic nitrogens is 2. The zero-order valence-electron chi connectivity index (χ0n) is 17.9. The number of H-pyrrole nitrogens is 1. The van der Waals surface area contributed by atoms with Crippen molar-refractivity contribution in [2.24, 2.45) is 0 Å². The first-order valence-corrected chi connectivity index (χ1v) is 10.2. The number of aromatic amines is 1. The first kappa shape index (κ1) is 20.1. The molecule has 1 aliphatic heterocycles. The van der Waals surface area contributed by atoms with E-state index < -0.39 is 5.60 Å². The van der Waals surface area contributed by atoms with E-state index in [9.17, 15) is 4.79 Å². The molecule has 0 unspecified atom stereocenters. The van der Waals surface area contributed by atoms with Crippen LogP contribution in [0.1, 0.15) is 20.8 Å². The summed E-state index contributed by atoms with van der Waals surface area (Å²) in [4.78, 5) is 24.4. The number of anilines is 1. The predicted octanol–water partition coefficient (Wildman–Crippen LogP) is 4.30. The van der Waals surface area contributed by atoms with Crippen molar-refractivity contribution in [1.29, 1.82) is 0 Å². The molecule has 0 atom stereocenters. The van der Waals surface area contributed by atoms with Gasteiger partial charge in [0.15, 0.2) is 0 Å². The largest absolute Gasteiger partial charge is 0.496 e. The summed E-state index contributed by atoms with van der Waals surface area (Å²) in [5.41, 5.74) is 3.48. The molecule has 1 aliphatic rings. The van der Waals surface area contributed by atoms with Crippen molar-refractivity contribution < 1.29 is 14.3 Å². The molecule has 158 valence electrons. The molecular formula is C23H28N4O3. The Kier molecular flexibility index (Phi) is 5.28. The molecule has 7 nitrogen and oxygen atoms in total. The monoisotopic (exact) mass is 408 g/mol. The summed E-state index contributed by atoms with van der Waals surface area (Å²) < 4.78 is 11.1. The fraction of sp³-hybridized carbons (Fsp3) is 0.391. The van der Waals surface area contributed by atoms with Gasteiger partial charge in [0.1, 0.15) is 17.0 Å². The molecule has 0 saturated carbocycles. The van der Waals surface area contributed by atoms with E-state index in [1.807, 2.05) is 51.4 Å². The van der Waals surface area contributed by atoms with Crippen molar-refractivity contribution in [1.82, 2.24) is 14.9 Å². The Labute approximate surface area is 176 Å². The maximum Gasteiger partial charge on any atom is 0.410 e. The minimum Gasteiger partial charge on any atom is -0.496 e. The van der Waals surface area contributed by atoms with E-state index in [1.165, 1.54) is 0 Å². The summed E-state index contributed by atoms with van der Waals surface area (Å²) in [5.74, 6) is 0.808. The molecule has 2 aromatic heterocycles. The molecule has 1 saturated heterocycles. The maximum atomic E-state index is 12.5. The van der Waals surface area contributed by atoms with Crippen LogP contribution in [0.5, 0.6) is 5.75 Å². The molecule has 0 aliphatic carbocycles. The highest BCUT2D eigenvalue weighted by Gasteiger charge is 2.28. The van der Waals surface area contributed by atoms with Gasteiger partial charge in [0, 0.05) is 55.1 Å². The van der Waals surface area contributed by atoms with E-state index in [0.717, 1.165) is 33.6 Å². The van der Waals surface area contributed by atoms with Gasteiger partial charge in [0.2, 0.25) is 0 Å². The zero-order valence-corrected chi connectivity index (χ0v) is 17.9. The molecule has 0 spiro atoms. The number of amides is 1. The van der Waals surface area contributed by atoms with Gasteiger partial charge in [-0.3, -0.25) is 0 Å². The number of piperazine rings is 1. The van der Waals surface area contributed by atoms with Gasteiger partial charge in [-0.05, 0) is 32.9 Å². The number of hydrogen-bond acceptors (Lipinski definition) is 5. The van der Waals surface area contributed by atoms with Crippen LogP contribution in [0.4, 0.5) is 10.5 Å². The van der Waals surface area contributed by atoms with E-state index >= 15 is 0 Å². The van der Waals surface area contributed by atoms with Crippen molar-refractivity contribution in [3.63, 3.8) is 0 Å².